The molecule has 1 saturated heterocycles. The summed E-state index contributed by atoms with van der Waals surface area (Å²) in [7, 11) is 0. The van der Waals surface area contributed by atoms with Crippen molar-refractivity contribution in [3.63, 3.8) is 0 Å². The van der Waals surface area contributed by atoms with E-state index in [1.165, 1.54) is 0 Å². The van der Waals surface area contributed by atoms with Crippen molar-refractivity contribution in [1.82, 2.24) is 5.32 Å². The zero-order valence-electron chi connectivity index (χ0n) is 13.0. The summed E-state index contributed by atoms with van der Waals surface area (Å²) in [5, 5.41) is 2.52. The number of amides is 2. The van der Waals surface area contributed by atoms with Crippen molar-refractivity contribution in [3.05, 3.63) is 29.8 Å². The number of hydrogen-bond donors (Lipinski definition) is 1. The molecule has 0 aliphatic carbocycles. The Labute approximate surface area is 139 Å². The first-order valence-corrected chi connectivity index (χ1v) is 8.84. The van der Waals surface area contributed by atoms with Crippen LogP contribution in [0.5, 0.6) is 0 Å². The predicted molar refractivity (Wildman–Crippen MR) is 89.7 cm³/mol. The van der Waals surface area contributed by atoms with E-state index in [1.807, 2.05) is 6.26 Å². The van der Waals surface area contributed by atoms with Gasteiger partial charge in [-0.3, -0.25) is 14.4 Å². The molecule has 2 rings (SSSR count). The summed E-state index contributed by atoms with van der Waals surface area (Å²) >= 11 is 1.58. The van der Waals surface area contributed by atoms with Gasteiger partial charge in [0.1, 0.15) is 13.2 Å². The molecule has 124 valence electrons. The standard InChI is InChI=1S/C16H20N2O4S/c1-23-10-9-22-15(20)11-17-16(21)12-4-6-13(7-5-12)18-8-2-3-14(18)19/h4-7H,2-3,8-11H2,1H3,(H,17,21). The van der Waals surface area contributed by atoms with Crippen LogP contribution in [0.25, 0.3) is 0 Å². The summed E-state index contributed by atoms with van der Waals surface area (Å²) in [6, 6.07) is 6.79. The molecule has 0 atom stereocenters. The number of esters is 1. The Bertz CT molecular complexity index is 574. The first kappa shape index (κ1) is 17.3. The Hall–Kier alpha value is -2.02. The van der Waals surface area contributed by atoms with Crippen molar-refractivity contribution in [1.29, 1.82) is 0 Å². The number of hydrogen-bond acceptors (Lipinski definition) is 5. The summed E-state index contributed by atoms with van der Waals surface area (Å²) in [5.41, 5.74) is 1.23. The highest BCUT2D eigenvalue weighted by Gasteiger charge is 2.21. The van der Waals surface area contributed by atoms with E-state index in [0.717, 1.165) is 17.9 Å². The molecule has 1 aromatic carbocycles. The normalized spacial score (nSPS) is 14.0. The van der Waals surface area contributed by atoms with Crippen LogP contribution in [0.4, 0.5) is 5.69 Å². The van der Waals surface area contributed by atoms with Gasteiger partial charge in [0.25, 0.3) is 5.91 Å². The fourth-order valence-corrected chi connectivity index (χ4v) is 2.51. The molecule has 0 spiro atoms. The number of carbonyl (C=O) groups is 3. The van der Waals surface area contributed by atoms with Gasteiger partial charge in [-0.2, -0.15) is 11.8 Å². The Balaban J connectivity index is 1.83. The van der Waals surface area contributed by atoms with Gasteiger partial charge in [0, 0.05) is 30.0 Å². The number of nitrogens with zero attached hydrogens (tertiary/aromatic N) is 1. The van der Waals surface area contributed by atoms with Crippen LogP contribution in [0.3, 0.4) is 0 Å². The largest absolute Gasteiger partial charge is 0.463 e. The molecule has 1 aliphatic rings. The highest BCUT2D eigenvalue weighted by molar-refractivity contribution is 7.98. The van der Waals surface area contributed by atoms with Gasteiger partial charge >= 0.3 is 5.97 Å². The second kappa shape index (κ2) is 8.57. The van der Waals surface area contributed by atoms with Crippen LogP contribution in [0.2, 0.25) is 0 Å². The molecule has 1 heterocycles. The van der Waals surface area contributed by atoms with Gasteiger partial charge in [0.15, 0.2) is 0 Å². The topological polar surface area (TPSA) is 75.7 Å². The average molecular weight is 336 g/mol. The zero-order chi connectivity index (χ0) is 16.7. The Morgan fingerprint density at radius 3 is 2.65 bits per heavy atom. The maximum atomic E-state index is 12.0. The van der Waals surface area contributed by atoms with Crippen molar-refractivity contribution in [2.24, 2.45) is 0 Å². The lowest BCUT2D eigenvalue weighted by Gasteiger charge is -2.15. The summed E-state index contributed by atoms with van der Waals surface area (Å²) in [5.74, 6) is 0.0455. The third-order valence-electron chi connectivity index (χ3n) is 3.46. The summed E-state index contributed by atoms with van der Waals surface area (Å²) in [6.07, 6.45) is 3.36. The van der Waals surface area contributed by atoms with E-state index in [9.17, 15) is 14.4 Å². The maximum absolute atomic E-state index is 12.0. The van der Waals surface area contributed by atoms with E-state index in [1.54, 1.807) is 40.9 Å². The number of rotatable bonds is 7. The van der Waals surface area contributed by atoms with Gasteiger partial charge < -0.3 is 15.0 Å². The molecule has 1 aromatic rings. The SMILES string of the molecule is CSCCOC(=O)CNC(=O)c1ccc(N2CCCC2=O)cc1. The van der Waals surface area contributed by atoms with Crippen molar-refractivity contribution < 1.29 is 19.1 Å². The number of carbonyl (C=O) groups excluding carboxylic acids is 3. The lowest BCUT2D eigenvalue weighted by Crippen LogP contribution is -2.31. The first-order chi connectivity index (χ1) is 11.1. The van der Waals surface area contributed by atoms with Crippen molar-refractivity contribution in [2.75, 3.05) is 36.6 Å². The molecular formula is C16H20N2O4S. The molecule has 2 amide bonds. The third-order valence-corrected chi connectivity index (χ3v) is 4.03. The molecule has 1 fully saturated rings. The van der Waals surface area contributed by atoms with Gasteiger partial charge in [-0.15, -0.1) is 0 Å². The summed E-state index contributed by atoms with van der Waals surface area (Å²) in [4.78, 5) is 36.8. The Morgan fingerprint density at radius 1 is 1.30 bits per heavy atom. The molecule has 0 unspecified atom stereocenters. The Morgan fingerprint density at radius 2 is 2.04 bits per heavy atom. The Kier molecular flexibility index (Phi) is 6.46. The zero-order valence-corrected chi connectivity index (χ0v) is 13.9. The van der Waals surface area contributed by atoms with Crippen LogP contribution in [0, 0.1) is 0 Å². The first-order valence-electron chi connectivity index (χ1n) is 7.45. The van der Waals surface area contributed by atoms with E-state index >= 15 is 0 Å². The molecule has 0 radical (unpaired) electrons. The predicted octanol–water partition coefficient (Wildman–Crippen LogP) is 1.45. The molecule has 0 bridgehead atoms. The molecular weight excluding hydrogens is 316 g/mol. The van der Waals surface area contributed by atoms with Gasteiger partial charge in [-0.25, -0.2) is 0 Å². The highest BCUT2D eigenvalue weighted by Crippen LogP contribution is 2.21. The van der Waals surface area contributed by atoms with Crippen LogP contribution in [-0.4, -0.2) is 49.5 Å². The van der Waals surface area contributed by atoms with Crippen LogP contribution in [-0.2, 0) is 14.3 Å². The van der Waals surface area contributed by atoms with Crippen LogP contribution < -0.4 is 10.2 Å². The molecule has 7 heteroatoms. The summed E-state index contributed by atoms with van der Waals surface area (Å²) in [6.45, 7) is 0.903. The number of anilines is 1. The highest BCUT2D eigenvalue weighted by atomic mass is 32.2. The minimum atomic E-state index is -0.452. The number of ether oxygens (including phenoxy) is 1. The van der Waals surface area contributed by atoms with Crippen molar-refractivity contribution >= 4 is 35.2 Å². The monoisotopic (exact) mass is 336 g/mol. The smallest absolute Gasteiger partial charge is 0.325 e. The molecule has 0 aromatic heterocycles. The lowest BCUT2D eigenvalue weighted by molar-refractivity contribution is -0.141. The van der Waals surface area contributed by atoms with E-state index in [0.29, 0.717) is 25.1 Å². The van der Waals surface area contributed by atoms with Gasteiger partial charge in [0.05, 0.1) is 0 Å². The van der Waals surface area contributed by atoms with E-state index in [2.05, 4.69) is 5.32 Å². The van der Waals surface area contributed by atoms with E-state index in [-0.39, 0.29) is 18.4 Å². The molecule has 23 heavy (non-hydrogen) atoms. The lowest BCUT2D eigenvalue weighted by atomic mass is 10.2. The maximum Gasteiger partial charge on any atom is 0.325 e. The van der Waals surface area contributed by atoms with Crippen LogP contribution >= 0.6 is 11.8 Å². The minimum absolute atomic E-state index is 0.107. The quantitative estimate of drug-likeness (QED) is 0.602. The number of nitrogens with one attached hydrogen (secondary N) is 1. The van der Waals surface area contributed by atoms with Gasteiger partial charge in [-0.1, -0.05) is 0 Å². The average Bonchev–Trinajstić information content (AvgIpc) is 2.99. The summed E-state index contributed by atoms with van der Waals surface area (Å²) < 4.78 is 4.95. The van der Waals surface area contributed by atoms with Gasteiger partial charge in [-0.05, 0) is 36.9 Å². The van der Waals surface area contributed by atoms with E-state index in [4.69, 9.17) is 4.74 Å². The van der Waals surface area contributed by atoms with Crippen molar-refractivity contribution in [2.45, 2.75) is 12.8 Å². The van der Waals surface area contributed by atoms with Crippen LogP contribution in [0.15, 0.2) is 24.3 Å². The fraction of sp³-hybridized carbons (Fsp3) is 0.438. The molecule has 1 aliphatic heterocycles. The number of benzene rings is 1. The molecule has 0 saturated carbocycles. The third kappa shape index (κ3) is 4.99. The van der Waals surface area contributed by atoms with E-state index < -0.39 is 5.97 Å². The number of thioether (sulfide) groups is 1. The second-order valence-electron chi connectivity index (χ2n) is 5.09. The minimum Gasteiger partial charge on any atom is -0.463 e. The van der Waals surface area contributed by atoms with Gasteiger partial charge in [0.2, 0.25) is 5.91 Å². The van der Waals surface area contributed by atoms with Crippen molar-refractivity contribution in [3.8, 4) is 0 Å². The second-order valence-corrected chi connectivity index (χ2v) is 6.08. The fourth-order valence-electron chi connectivity index (χ4n) is 2.26. The molecule has 1 N–H and O–H groups in total. The molecule has 6 nitrogen and oxygen atoms in total. The van der Waals surface area contributed by atoms with Crippen LogP contribution in [0.1, 0.15) is 23.2 Å².